The summed E-state index contributed by atoms with van der Waals surface area (Å²) in [4.78, 5) is 36.4. The van der Waals surface area contributed by atoms with E-state index in [0.717, 1.165) is 16.7 Å². The number of aliphatic imine (C=N–C) groups is 1. The third kappa shape index (κ3) is 12.0. The number of hydrogen-bond acceptors (Lipinski definition) is 14. The lowest BCUT2D eigenvalue weighted by molar-refractivity contribution is -0.0912. The molecule has 5 aromatic carbocycles. The maximum Gasteiger partial charge on any atom is 0.426 e. The van der Waals surface area contributed by atoms with Crippen molar-refractivity contribution in [1.29, 1.82) is 5.26 Å². The van der Waals surface area contributed by atoms with E-state index in [4.69, 9.17) is 42.7 Å². The summed E-state index contributed by atoms with van der Waals surface area (Å²) >= 11 is 0. The number of methoxy groups -OCH3 is 2. The molecule has 3 heterocycles. The number of ether oxygens (including phenoxy) is 5. The van der Waals surface area contributed by atoms with Crippen molar-refractivity contribution in [2.24, 2.45) is 4.99 Å². The number of benzene rings is 5. The van der Waals surface area contributed by atoms with Crippen molar-refractivity contribution in [1.82, 2.24) is 29.1 Å². The number of fused-ring (bicyclic) bond motifs is 1. The van der Waals surface area contributed by atoms with Crippen LogP contribution in [0.1, 0.15) is 63.5 Å². The third-order valence-corrected chi connectivity index (χ3v) is 14.4. The lowest BCUT2D eigenvalue weighted by Gasteiger charge is -2.39. The van der Waals surface area contributed by atoms with E-state index in [0.29, 0.717) is 40.5 Å². The number of amides is 1. The van der Waals surface area contributed by atoms with Crippen LogP contribution in [-0.4, -0.2) is 107 Å². The molecule has 0 N–H and O–H groups in total. The molecule has 0 radical (unpaired) electrons. The predicted octanol–water partition coefficient (Wildman–Crippen LogP) is 11.4. The van der Waals surface area contributed by atoms with Crippen LogP contribution in [0.15, 0.2) is 151 Å². The quantitative estimate of drug-likeness (QED) is 0.0206. The molecule has 384 valence electrons. The first-order valence-electron chi connectivity index (χ1n) is 24.4. The van der Waals surface area contributed by atoms with Crippen LogP contribution in [0.3, 0.4) is 0 Å². The minimum absolute atomic E-state index is 0.0243. The smallest absolute Gasteiger partial charge is 0.426 e. The predicted molar refractivity (Wildman–Crippen MR) is 285 cm³/mol. The van der Waals surface area contributed by atoms with Crippen molar-refractivity contribution in [2.75, 3.05) is 46.4 Å². The Labute approximate surface area is 433 Å². The molecule has 74 heavy (non-hydrogen) atoms. The number of hydrogen-bond donors (Lipinski definition) is 0. The standard InChI is InChI=1S/C56H62N9O8P/c1-39(2)65(40(3)4)74(70-34-18-33-57)73-48-35-50(71-49(48)36-69-56(41-19-12-9-13-20-41,42-25-29-46(67-7)30-26-42)43-27-31-47(68-8)32-28-43)63-38-58-51-52(59-37-62(5)6)60-54(61-53(51)63)72-55(66)64(44-21-14-10-15-22-44)45-23-16-11-17-24-45/h9-17,19-32,37-40,48-50H,18,34-36H2,1-8H3/b59-37+/t48-,49+,50+,74?/m0/s1. The van der Waals surface area contributed by atoms with Gasteiger partial charge in [0.1, 0.15) is 29.4 Å². The van der Waals surface area contributed by atoms with E-state index in [2.05, 4.69) is 48.4 Å². The fourth-order valence-electron chi connectivity index (χ4n) is 8.86. The Kier molecular flexibility index (Phi) is 17.6. The van der Waals surface area contributed by atoms with E-state index < -0.39 is 38.7 Å². The normalized spacial score (nSPS) is 16.2. The SMILES string of the molecule is COc1ccc(C(OC[C@H]2O[C@@H](n3cnc4c(/N=C/N(C)C)nc(OC(=O)N(c5ccccc5)c5ccccc5)nc43)C[C@@H]2OP(OCCC#N)N(C(C)C)C(C)C)(c2ccccc2)c2ccc(OC)cc2)cc1. The largest absolute Gasteiger partial charge is 0.497 e. The van der Waals surface area contributed by atoms with Crippen LogP contribution in [0.25, 0.3) is 11.2 Å². The van der Waals surface area contributed by atoms with E-state index in [1.807, 2.05) is 154 Å². The summed E-state index contributed by atoms with van der Waals surface area (Å²) in [5.74, 6) is 1.56. The molecule has 17 nitrogen and oxygen atoms in total. The van der Waals surface area contributed by atoms with Crippen LogP contribution in [0, 0.1) is 11.3 Å². The number of nitriles is 1. The summed E-state index contributed by atoms with van der Waals surface area (Å²) in [5, 5.41) is 9.57. The number of carbonyl (C=O) groups is 1. The second-order valence-corrected chi connectivity index (χ2v) is 19.5. The second-order valence-electron chi connectivity index (χ2n) is 18.1. The molecule has 1 unspecified atom stereocenters. The average molecular weight is 1020 g/mol. The van der Waals surface area contributed by atoms with Gasteiger partial charge in [0.15, 0.2) is 17.0 Å². The summed E-state index contributed by atoms with van der Waals surface area (Å²) < 4.78 is 49.5. The Morgan fingerprint density at radius 2 is 1.38 bits per heavy atom. The number of imidazole rings is 1. The zero-order chi connectivity index (χ0) is 52.2. The highest BCUT2D eigenvalue weighted by atomic mass is 31.2. The molecule has 0 saturated carbocycles. The minimum Gasteiger partial charge on any atom is -0.497 e. The fraction of sp³-hybridized carbons (Fsp3) is 0.321. The van der Waals surface area contributed by atoms with Crippen LogP contribution in [0.2, 0.25) is 0 Å². The van der Waals surface area contributed by atoms with Gasteiger partial charge >= 0.3 is 12.1 Å². The highest BCUT2D eigenvalue weighted by Gasteiger charge is 2.45. The molecule has 1 aliphatic rings. The van der Waals surface area contributed by atoms with Gasteiger partial charge in [-0.1, -0.05) is 91.0 Å². The number of aromatic nitrogens is 4. The number of nitrogens with zero attached hydrogens (tertiary/aromatic N) is 9. The van der Waals surface area contributed by atoms with E-state index in [1.54, 1.807) is 36.4 Å². The van der Waals surface area contributed by atoms with Crippen LogP contribution in [-0.2, 0) is 24.1 Å². The van der Waals surface area contributed by atoms with Gasteiger partial charge in [0.05, 0.1) is 70.1 Å². The van der Waals surface area contributed by atoms with Crippen molar-refractivity contribution < 1.29 is 37.5 Å². The Hall–Kier alpha value is -7.29. The van der Waals surface area contributed by atoms with E-state index >= 15 is 0 Å². The molecule has 7 aromatic rings. The molecule has 1 fully saturated rings. The van der Waals surface area contributed by atoms with Crippen LogP contribution in [0.5, 0.6) is 17.5 Å². The molecule has 1 aliphatic heterocycles. The van der Waals surface area contributed by atoms with Gasteiger partial charge < -0.3 is 37.6 Å². The molecule has 1 saturated heterocycles. The van der Waals surface area contributed by atoms with Crippen molar-refractivity contribution in [3.05, 3.63) is 163 Å². The molecule has 18 heteroatoms. The summed E-state index contributed by atoms with van der Waals surface area (Å²) in [6.07, 6.45) is 0.839. The molecule has 0 spiro atoms. The highest BCUT2D eigenvalue weighted by molar-refractivity contribution is 7.44. The highest BCUT2D eigenvalue weighted by Crippen LogP contribution is 2.51. The van der Waals surface area contributed by atoms with Gasteiger partial charge in [-0.05, 0) is 92.9 Å². The van der Waals surface area contributed by atoms with E-state index in [1.165, 1.54) is 4.90 Å². The number of anilines is 2. The van der Waals surface area contributed by atoms with Crippen LogP contribution >= 0.6 is 8.53 Å². The average Bonchev–Trinajstić information content (AvgIpc) is 4.03. The van der Waals surface area contributed by atoms with Crippen LogP contribution < -0.4 is 19.1 Å². The van der Waals surface area contributed by atoms with Crippen molar-refractivity contribution in [3.63, 3.8) is 0 Å². The van der Waals surface area contributed by atoms with E-state index in [-0.39, 0.29) is 43.5 Å². The number of carbonyl (C=O) groups excluding carboxylic acids is 1. The fourth-order valence-corrected chi connectivity index (χ4v) is 10.6. The Balaban J connectivity index is 1.22. The summed E-state index contributed by atoms with van der Waals surface area (Å²) in [5.41, 5.74) is 3.20. The lowest BCUT2D eigenvalue weighted by atomic mass is 9.80. The Bertz CT molecular complexity index is 2880. The molecule has 0 bridgehead atoms. The summed E-state index contributed by atoms with van der Waals surface area (Å²) in [7, 11) is 5.21. The second kappa shape index (κ2) is 24.6. The maximum atomic E-state index is 14.3. The monoisotopic (exact) mass is 1020 g/mol. The van der Waals surface area contributed by atoms with E-state index in [9.17, 15) is 10.1 Å². The maximum absolute atomic E-state index is 14.3. The first kappa shape index (κ1) is 53.0. The third-order valence-electron chi connectivity index (χ3n) is 12.2. The van der Waals surface area contributed by atoms with Crippen molar-refractivity contribution in [3.8, 4) is 23.6 Å². The summed E-state index contributed by atoms with van der Waals surface area (Å²) in [6, 6.07) is 46.1. The molecular formula is C56H62N9O8P. The minimum atomic E-state index is -1.74. The molecule has 0 aliphatic carbocycles. The number of rotatable bonds is 22. The van der Waals surface area contributed by atoms with Gasteiger partial charge in [0.25, 0.3) is 8.53 Å². The van der Waals surface area contributed by atoms with Gasteiger partial charge in [-0.3, -0.25) is 4.57 Å². The lowest BCUT2D eigenvalue weighted by Crippen LogP contribution is -2.39. The molecule has 4 atom stereocenters. The van der Waals surface area contributed by atoms with Gasteiger partial charge in [-0.25, -0.2) is 24.3 Å². The topological polar surface area (TPSA) is 171 Å². The number of para-hydroxylation sites is 2. The first-order chi connectivity index (χ1) is 35.9. The van der Waals surface area contributed by atoms with Gasteiger partial charge in [-0.15, -0.1) is 0 Å². The summed E-state index contributed by atoms with van der Waals surface area (Å²) in [6.45, 7) is 8.57. The van der Waals surface area contributed by atoms with Gasteiger partial charge in [0.2, 0.25) is 0 Å². The zero-order valence-corrected chi connectivity index (χ0v) is 43.8. The zero-order valence-electron chi connectivity index (χ0n) is 42.9. The van der Waals surface area contributed by atoms with Gasteiger partial charge in [0, 0.05) is 32.6 Å². The van der Waals surface area contributed by atoms with Crippen molar-refractivity contribution in [2.45, 2.75) is 76.7 Å². The van der Waals surface area contributed by atoms with Crippen LogP contribution in [0.4, 0.5) is 22.0 Å². The molecule has 2 aromatic heterocycles. The molecule has 1 amide bonds. The van der Waals surface area contributed by atoms with Gasteiger partial charge in [-0.2, -0.15) is 15.2 Å². The van der Waals surface area contributed by atoms with Crippen molar-refractivity contribution >= 4 is 49.3 Å². The first-order valence-corrected chi connectivity index (χ1v) is 25.5. The Morgan fingerprint density at radius 3 is 1.91 bits per heavy atom. The Morgan fingerprint density at radius 1 is 0.824 bits per heavy atom. The molecular weight excluding hydrogens is 958 g/mol. The molecule has 8 rings (SSSR count).